The maximum absolute atomic E-state index is 6.95. The van der Waals surface area contributed by atoms with Crippen molar-refractivity contribution in [1.82, 2.24) is 5.32 Å². The molecule has 0 saturated heterocycles. The smallest absolute Gasteiger partial charge is 0.167 e. The number of fused-ring (bicyclic) bond motifs is 1. The van der Waals surface area contributed by atoms with Crippen LogP contribution in [-0.4, -0.2) is 12.0 Å². The molecular formula is C22H31NOS. The molecule has 1 heterocycles. The van der Waals surface area contributed by atoms with E-state index in [-0.39, 0.29) is 11.1 Å². The molecule has 136 valence electrons. The first-order chi connectivity index (χ1) is 11.9. The van der Waals surface area contributed by atoms with Gasteiger partial charge in [0.25, 0.3) is 0 Å². The normalized spacial score (nSPS) is 38.7. The molecule has 4 fully saturated rings. The average Bonchev–Trinajstić information content (AvgIpc) is 2.57. The summed E-state index contributed by atoms with van der Waals surface area (Å²) in [6, 6.07) is 4.75. The summed E-state index contributed by atoms with van der Waals surface area (Å²) in [4.78, 5) is 1.33. The van der Waals surface area contributed by atoms with Crippen LogP contribution in [0.25, 0.3) is 0 Å². The third kappa shape index (κ3) is 2.41. The van der Waals surface area contributed by atoms with Crippen molar-refractivity contribution < 1.29 is 4.74 Å². The lowest BCUT2D eigenvalue weighted by molar-refractivity contribution is -0.182. The first kappa shape index (κ1) is 16.5. The van der Waals surface area contributed by atoms with Crippen molar-refractivity contribution in [2.75, 3.05) is 6.26 Å². The highest BCUT2D eigenvalue weighted by atomic mass is 32.2. The molecule has 25 heavy (non-hydrogen) atoms. The van der Waals surface area contributed by atoms with Crippen LogP contribution >= 0.6 is 11.8 Å². The van der Waals surface area contributed by atoms with Crippen molar-refractivity contribution in [3.63, 3.8) is 0 Å². The van der Waals surface area contributed by atoms with Crippen LogP contribution in [0.4, 0.5) is 0 Å². The molecule has 6 rings (SSSR count). The van der Waals surface area contributed by atoms with Crippen molar-refractivity contribution in [3.8, 4) is 5.75 Å². The molecule has 1 spiro atoms. The van der Waals surface area contributed by atoms with Crippen molar-refractivity contribution in [2.45, 2.75) is 75.5 Å². The van der Waals surface area contributed by atoms with Gasteiger partial charge in [-0.05, 0) is 67.2 Å². The fraction of sp³-hybridized carbons (Fsp3) is 0.727. The van der Waals surface area contributed by atoms with Crippen LogP contribution in [0.3, 0.4) is 0 Å². The van der Waals surface area contributed by atoms with Crippen LogP contribution in [0.1, 0.15) is 64.0 Å². The molecule has 0 amide bonds. The van der Waals surface area contributed by atoms with Gasteiger partial charge in [-0.15, -0.1) is 11.8 Å². The predicted molar refractivity (Wildman–Crippen MR) is 104 cm³/mol. The van der Waals surface area contributed by atoms with Crippen molar-refractivity contribution >= 4 is 11.8 Å². The Kier molecular flexibility index (Phi) is 3.58. The standard InChI is InChI=1S/C22H31NOS/c1-21(2,3)16-10-15-12-23-22(24-20(15)19(11-16)25-4)17-6-13-5-14(8-17)9-18(22)7-13/h10-11,13-14,17-18,23H,5-9,12H2,1-4H3. The fourth-order valence-corrected chi connectivity index (χ4v) is 6.87. The molecule has 2 nitrogen and oxygen atoms in total. The highest BCUT2D eigenvalue weighted by Gasteiger charge is 2.60. The van der Waals surface area contributed by atoms with Gasteiger partial charge in [-0.2, -0.15) is 0 Å². The van der Waals surface area contributed by atoms with Crippen LogP contribution in [0.15, 0.2) is 17.0 Å². The molecule has 4 saturated carbocycles. The molecule has 1 aromatic rings. The Morgan fingerprint density at radius 2 is 1.68 bits per heavy atom. The molecule has 0 radical (unpaired) electrons. The van der Waals surface area contributed by atoms with E-state index in [1.54, 1.807) is 0 Å². The number of rotatable bonds is 1. The third-order valence-corrected chi connectivity index (χ3v) is 8.14. The molecule has 5 aliphatic rings. The summed E-state index contributed by atoms with van der Waals surface area (Å²) >= 11 is 1.85. The van der Waals surface area contributed by atoms with E-state index in [1.165, 1.54) is 53.9 Å². The van der Waals surface area contributed by atoms with Crippen LogP contribution in [0.2, 0.25) is 0 Å². The second kappa shape index (κ2) is 5.42. The van der Waals surface area contributed by atoms with E-state index in [2.05, 4.69) is 44.5 Å². The quantitative estimate of drug-likeness (QED) is 0.686. The van der Waals surface area contributed by atoms with E-state index in [9.17, 15) is 0 Å². The zero-order valence-electron chi connectivity index (χ0n) is 16.0. The van der Waals surface area contributed by atoms with Gasteiger partial charge in [-0.1, -0.05) is 26.8 Å². The second-order valence-corrected chi connectivity index (χ2v) is 10.8. The fourth-order valence-electron chi connectivity index (χ4n) is 6.27. The molecule has 1 aromatic carbocycles. The van der Waals surface area contributed by atoms with Gasteiger partial charge < -0.3 is 4.74 Å². The number of thioether (sulfide) groups is 1. The summed E-state index contributed by atoms with van der Waals surface area (Å²) in [5.41, 5.74) is 2.88. The van der Waals surface area contributed by atoms with Gasteiger partial charge in [0.05, 0.1) is 0 Å². The van der Waals surface area contributed by atoms with E-state index in [1.807, 2.05) is 11.8 Å². The van der Waals surface area contributed by atoms with Gasteiger partial charge in [-0.25, -0.2) is 0 Å². The summed E-state index contributed by atoms with van der Waals surface area (Å²) < 4.78 is 6.95. The lowest BCUT2D eigenvalue weighted by Gasteiger charge is -2.61. The highest BCUT2D eigenvalue weighted by molar-refractivity contribution is 7.98. The Bertz CT molecular complexity index is 659. The van der Waals surface area contributed by atoms with Crippen LogP contribution in [-0.2, 0) is 12.0 Å². The molecule has 0 unspecified atom stereocenters. The molecule has 1 N–H and O–H groups in total. The SMILES string of the molecule is CSc1cc(C(C)(C)C)cc2c1OC1(NC2)C2CC3CC(C2)CC1C3. The Morgan fingerprint density at radius 1 is 1.04 bits per heavy atom. The summed E-state index contributed by atoms with van der Waals surface area (Å²) in [6.45, 7) is 7.87. The molecular weight excluding hydrogens is 326 g/mol. The molecule has 0 aromatic heterocycles. The topological polar surface area (TPSA) is 21.3 Å². The predicted octanol–water partition coefficient (Wildman–Crippen LogP) is 5.34. The third-order valence-electron chi connectivity index (χ3n) is 7.39. The number of nitrogens with one attached hydrogen (secondary N) is 1. The first-order valence-electron chi connectivity index (χ1n) is 10.0. The molecule has 4 bridgehead atoms. The summed E-state index contributed by atoms with van der Waals surface area (Å²) in [5.74, 6) is 4.57. The van der Waals surface area contributed by atoms with E-state index in [0.717, 1.165) is 18.4 Å². The maximum atomic E-state index is 6.95. The average molecular weight is 358 g/mol. The zero-order chi connectivity index (χ0) is 17.4. The summed E-state index contributed by atoms with van der Waals surface area (Å²) in [7, 11) is 0. The number of benzene rings is 1. The molecule has 4 aliphatic carbocycles. The molecule has 0 atom stereocenters. The van der Waals surface area contributed by atoms with Gasteiger partial charge in [0.1, 0.15) is 5.75 Å². The zero-order valence-corrected chi connectivity index (χ0v) is 16.8. The van der Waals surface area contributed by atoms with Crippen molar-refractivity contribution in [3.05, 3.63) is 23.3 Å². The van der Waals surface area contributed by atoms with E-state index in [0.29, 0.717) is 11.8 Å². The number of hydrogen-bond acceptors (Lipinski definition) is 3. The van der Waals surface area contributed by atoms with Crippen molar-refractivity contribution in [2.24, 2.45) is 23.7 Å². The molecule has 3 heteroatoms. The minimum absolute atomic E-state index is 0.0752. The van der Waals surface area contributed by atoms with E-state index < -0.39 is 0 Å². The maximum Gasteiger partial charge on any atom is 0.167 e. The minimum atomic E-state index is -0.0752. The van der Waals surface area contributed by atoms with Crippen LogP contribution < -0.4 is 10.1 Å². The monoisotopic (exact) mass is 357 g/mol. The number of hydrogen-bond donors (Lipinski definition) is 1. The minimum Gasteiger partial charge on any atom is -0.471 e. The highest BCUT2D eigenvalue weighted by Crippen LogP contribution is 2.60. The summed E-state index contributed by atoms with van der Waals surface area (Å²) in [5, 5.41) is 3.93. The van der Waals surface area contributed by atoms with Gasteiger partial charge in [0, 0.05) is 28.8 Å². The van der Waals surface area contributed by atoms with E-state index >= 15 is 0 Å². The Labute approximate surface area is 156 Å². The van der Waals surface area contributed by atoms with Crippen LogP contribution in [0.5, 0.6) is 5.75 Å². The van der Waals surface area contributed by atoms with Gasteiger partial charge in [0.15, 0.2) is 5.72 Å². The Balaban J connectivity index is 1.55. The van der Waals surface area contributed by atoms with E-state index in [4.69, 9.17) is 4.74 Å². The Hall–Kier alpha value is -0.670. The molecule has 1 aliphatic heterocycles. The lowest BCUT2D eigenvalue weighted by atomic mass is 9.52. The van der Waals surface area contributed by atoms with Crippen LogP contribution in [0, 0.1) is 23.7 Å². The summed E-state index contributed by atoms with van der Waals surface area (Å²) in [6.07, 6.45) is 9.20. The van der Waals surface area contributed by atoms with Gasteiger partial charge in [-0.3, -0.25) is 5.32 Å². The van der Waals surface area contributed by atoms with Crippen molar-refractivity contribution in [1.29, 1.82) is 0 Å². The Morgan fingerprint density at radius 3 is 2.24 bits per heavy atom. The lowest BCUT2D eigenvalue weighted by Crippen LogP contribution is -2.69. The van der Waals surface area contributed by atoms with Gasteiger partial charge in [0.2, 0.25) is 0 Å². The first-order valence-corrected chi connectivity index (χ1v) is 11.3. The number of ether oxygens (including phenoxy) is 1. The second-order valence-electron chi connectivity index (χ2n) is 9.97. The largest absolute Gasteiger partial charge is 0.471 e. The van der Waals surface area contributed by atoms with Gasteiger partial charge >= 0.3 is 0 Å².